The van der Waals surface area contributed by atoms with Crippen LogP contribution in [0.4, 0.5) is 4.39 Å². The molecule has 0 fully saturated rings. The zero-order valence-corrected chi connectivity index (χ0v) is 16.7. The first-order valence-electron chi connectivity index (χ1n) is 8.13. The first-order valence-corrected chi connectivity index (χ1v) is 8.13. The molecule has 0 aliphatic rings. The van der Waals surface area contributed by atoms with Crippen molar-refractivity contribution in [3.63, 3.8) is 0 Å². The van der Waals surface area contributed by atoms with E-state index in [1.165, 1.54) is 12.1 Å². The van der Waals surface area contributed by atoms with Gasteiger partial charge in [0.15, 0.2) is 0 Å². The van der Waals surface area contributed by atoms with E-state index in [-0.39, 0.29) is 36.5 Å². The van der Waals surface area contributed by atoms with Crippen LogP contribution in [-0.2, 0) is 23.8 Å². The number of amides is 1. The summed E-state index contributed by atoms with van der Waals surface area (Å²) in [6, 6.07) is 13.8. The summed E-state index contributed by atoms with van der Waals surface area (Å²) < 4.78 is 15.2. The predicted octanol–water partition coefficient (Wildman–Crippen LogP) is 3.09. The summed E-state index contributed by atoms with van der Waals surface area (Å²) in [5, 5.41) is 2.86. The van der Waals surface area contributed by atoms with Crippen molar-refractivity contribution in [1.29, 1.82) is 0 Å². The molecule has 3 N–H and O–H groups in total. The Morgan fingerprint density at radius 2 is 1.89 bits per heavy atom. The Bertz CT molecular complexity index is 913. The van der Waals surface area contributed by atoms with Gasteiger partial charge in [-0.2, -0.15) is 0 Å². The molecule has 1 heterocycles. The van der Waals surface area contributed by atoms with Gasteiger partial charge in [0, 0.05) is 20.0 Å². The molecule has 3 rings (SSSR count). The second-order valence-corrected chi connectivity index (χ2v) is 6.29. The maximum Gasteiger partial charge on any atom is 0.244 e. The molecule has 1 amide bonds. The number of hydrogen-bond acceptors (Lipinski definition) is 3. The highest BCUT2D eigenvalue weighted by Gasteiger charge is 2.29. The lowest BCUT2D eigenvalue weighted by atomic mass is 9.92. The van der Waals surface area contributed by atoms with Gasteiger partial charge in [-0.3, -0.25) is 4.79 Å². The van der Waals surface area contributed by atoms with E-state index in [1.54, 1.807) is 13.0 Å². The van der Waals surface area contributed by atoms with Gasteiger partial charge in [-0.15, -0.1) is 24.8 Å². The Balaban J connectivity index is 0.00000182. The number of carbonyl (C=O) groups is 1. The number of rotatable bonds is 5. The Labute approximate surface area is 170 Å². The molecule has 1 aromatic heterocycles. The van der Waals surface area contributed by atoms with Crippen molar-refractivity contribution < 1.29 is 9.18 Å². The Hall–Kier alpha value is -2.15. The topological polar surface area (TPSA) is 72.9 Å². The van der Waals surface area contributed by atoms with Gasteiger partial charge < -0.3 is 15.6 Å². The highest BCUT2D eigenvalue weighted by atomic mass is 35.5. The van der Waals surface area contributed by atoms with Gasteiger partial charge in [0.2, 0.25) is 5.91 Å². The minimum atomic E-state index is -1.10. The van der Waals surface area contributed by atoms with Gasteiger partial charge in [-0.25, -0.2) is 9.37 Å². The minimum absolute atomic E-state index is 0. The molecule has 5 nitrogen and oxygen atoms in total. The van der Waals surface area contributed by atoms with Crippen molar-refractivity contribution >= 4 is 41.8 Å². The number of hydrogen-bond donors (Lipinski definition) is 2. The van der Waals surface area contributed by atoms with Crippen LogP contribution in [0.5, 0.6) is 0 Å². The van der Waals surface area contributed by atoms with Gasteiger partial charge >= 0.3 is 0 Å². The molecule has 2 aromatic carbocycles. The molecule has 3 aromatic rings. The molecule has 1 atom stereocenters. The van der Waals surface area contributed by atoms with Crippen LogP contribution >= 0.6 is 24.8 Å². The van der Waals surface area contributed by atoms with E-state index in [9.17, 15) is 9.18 Å². The minimum Gasteiger partial charge on any atom is -0.354 e. The molecule has 1 unspecified atom stereocenters. The van der Waals surface area contributed by atoms with Crippen molar-refractivity contribution in [2.24, 2.45) is 12.8 Å². The third kappa shape index (κ3) is 4.77. The third-order valence-corrected chi connectivity index (χ3v) is 4.41. The quantitative estimate of drug-likeness (QED) is 0.675. The third-order valence-electron chi connectivity index (χ3n) is 4.41. The van der Waals surface area contributed by atoms with Crippen molar-refractivity contribution in [3.05, 3.63) is 65.7 Å². The fourth-order valence-electron chi connectivity index (χ4n) is 2.82. The summed E-state index contributed by atoms with van der Waals surface area (Å²) in [6.07, 6.45) is 0.531. The molecule has 0 radical (unpaired) electrons. The van der Waals surface area contributed by atoms with Crippen LogP contribution in [0.15, 0.2) is 48.5 Å². The number of nitrogens with one attached hydrogen (secondary N) is 1. The lowest BCUT2D eigenvalue weighted by Gasteiger charge is -2.24. The molecule has 0 saturated heterocycles. The number of halogens is 3. The molecule has 0 saturated carbocycles. The normalized spacial score (nSPS) is 12.6. The van der Waals surface area contributed by atoms with E-state index in [4.69, 9.17) is 5.73 Å². The second kappa shape index (κ2) is 9.17. The van der Waals surface area contributed by atoms with Gasteiger partial charge in [-0.1, -0.05) is 30.3 Å². The van der Waals surface area contributed by atoms with E-state index in [2.05, 4.69) is 10.3 Å². The number of carbonyl (C=O) groups excluding carboxylic acids is 1. The standard InChI is InChI=1S/C19H21FN4O.2ClH/c1-19(21,13-6-4-3-5-7-13)18(25)22-11-10-17-23-15-9-8-14(20)12-16(15)24(17)2;;/h3-9,12H,10-11,21H2,1-2H3,(H,22,25);2*1H. The number of nitrogens with two attached hydrogens (primary N) is 1. The number of benzene rings is 2. The Kier molecular flexibility index (Phi) is 7.77. The van der Waals surface area contributed by atoms with Crippen molar-refractivity contribution in [2.75, 3.05) is 6.54 Å². The highest BCUT2D eigenvalue weighted by Crippen LogP contribution is 2.18. The molecule has 146 valence electrons. The van der Waals surface area contributed by atoms with Gasteiger partial charge in [0.25, 0.3) is 0 Å². The van der Waals surface area contributed by atoms with Crippen LogP contribution in [0.3, 0.4) is 0 Å². The van der Waals surface area contributed by atoms with Crippen LogP contribution in [0.1, 0.15) is 18.3 Å². The second-order valence-electron chi connectivity index (χ2n) is 6.29. The van der Waals surface area contributed by atoms with Gasteiger partial charge in [-0.05, 0) is 30.7 Å². The van der Waals surface area contributed by atoms with E-state index < -0.39 is 5.54 Å². The molecule has 0 aliphatic heterocycles. The molecule has 0 spiro atoms. The lowest BCUT2D eigenvalue weighted by Crippen LogP contribution is -2.49. The molecular formula is C19H23Cl2FN4O. The number of nitrogens with zero attached hydrogens (tertiary/aromatic N) is 2. The fourth-order valence-corrected chi connectivity index (χ4v) is 2.82. The number of aryl methyl sites for hydroxylation is 1. The van der Waals surface area contributed by atoms with Gasteiger partial charge in [0.1, 0.15) is 17.2 Å². The monoisotopic (exact) mass is 412 g/mol. The fraction of sp³-hybridized carbons (Fsp3) is 0.263. The van der Waals surface area contributed by atoms with Crippen LogP contribution in [0.2, 0.25) is 0 Å². The molecule has 8 heteroatoms. The first-order chi connectivity index (χ1) is 11.9. The highest BCUT2D eigenvalue weighted by molar-refractivity contribution is 5.87. The van der Waals surface area contributed by atoms with Crippen molar-refractivity contribution in [3.8, 4) is 0 Å². The number of fused-ring (bicyclic) bond motifs is 1. The SMILES string of the molecule is Cl.Cl.Cn1c(CCNC(=O)C(C)(N)c2ccccc2)nc2ccc(F)cc21. The summed E-state index contributed by atoms with van der Waals surface area (Å²) >= 11 is 0. The van der Waals surface area contributed by atoms with E-state index in [1.807, 2.05) is 41.9 Å². The van der Waals surface area contributed by atoms with Crippen molar-refractivity contribution in [2.45, 2.75) is 18.9 Å². The van der Waals surface area contributed by atoms with E-state index in [0.29, 0.717) is 13.0 Å². The summed E-state index contributed by atoms with van der Waals surface area (Å²) in [6.45, 7) is 2.09. The van der Waals surface area contributed by atoms with Crippen LogP contribution in [-0.4, -0.2) is 22.0 Å². The predicted molar refractivity (Wildman–Crippen MR) is 110 cm³/mol. The first kappa shape index (κ1) is 22.9. The average molecular weight is 413 g/mol. The van der Waals surface area contributed by atoms with Crippen molar-refractivity contribution in [1.82, 2.24) is 14.9 Å². The Morgan fingerprint density at radius 1 is 1.22 bits per heavy atom. The number of aromatic nitrogens is 2. The smallest absolute Gasteiger partial charge is 0.244 e. The van der Waals surface area contributed by atoms with Crippen LogP contribution < -0.4 is 11.1 Å². The molecular weight excluding hydrogens is 390 g/mol. The summed E-state index contributed by atoms with van der Waals surface area (Å²) in [5.74, 6) is 0.236. The summed E-state index contributed by atoms with van der Waals surface area (Å²) in [5.41, 5.74) is 7.31. The van der Waals surface area contributed by atoms with Crippen LogP contribution in [0.25, 0.3) is 11.0 Å². The zero-order valence-electron chi connectivity index (χ0n) is 15.1. The largest absolute Gasteiger partial charge is 0.354 e. The average Bonchev–Trinajstić information content (AvgIpc) is 2.91. The summed E-state index contributed by atoms with van der Waals surface area (Å²) in [7, 11) is 1.84. The van der Waals surface area contributed by atoms with E-state index in [0.717, 1.165) is 22.4 Å². The maximum absolute atomic E-state index is 13.4. The van der Waals surface area contributed by atoms with E-state index >= 15 is 0 Å². The molecule has 0 bridgehead atoms. The molecule has 27 heavy (non-hydrogen) atoms. The maximum atomic E-state index is 13.4. The lowest BCUT2D eigenvalue weighted by molar-refractivity contribution is -0.126. The molecule has 0 aliphatic carbocycles. The van der Waals surface area contributed by atoms with Gasteiger partial charge in [0.05, 0.1) is 11.0 Å². The Morgan fingerprint density at radius 3 is 2.56 bits per heavy atom. The zero-order chi connectivity index (χ0) is 18.0. The number of imidazole rings is 1. The van der Waals surface area contributed by atoms with Crippen LogP contribution in [0, 0.1) is 5.82 Å². The summed E-state index contributed by atoms with van der Waals surface area (Å²) in [4.78, 5) is 16.9.